The van der Waals surface area contributed by atoms with Gasteiger partial charge in [-0.05, 0) is 5.92 Å². The molecule has 0 aromatic rings. The predicted molar refractivity (Wildman–Crippen MR) is 46.6 cm³/mol. The molecule has 0 heterocycles. The summed E-state index contributed by atoms with van der Waals surface area (Å²) in [5.74, 6) is 0.313. The normalized spacial score (nSPS) is 12.4. The summed E-state index contributed by atoms with van der Waals surface area (Å²) in [5, 5.41) is 0. The van der Waals surface area contributed by atoms with Crippen LogP contribution < -0.4 is 4.89 Å². The van der Waals surface area contributed by atoms with Gasteiger partial charge in [0.2, 0.25) is 10.0 Å². The molecule has 1 N–H and O–H groups in total. The average molecular weight is 246 g/mol. The number of nitrogens with one attached hydrogen (secondary N) is 1. The van der Waals surface area contributed by atoms with Crippen LogP contribution in [0, 0.1) is 5.92 Å². The van der Waals surface area contributed by atoms with E-state index in [1.165, 1.54) is 0 Å². The van der Waals surface area contributed by atoms with Crippen molar-refractivity contribution in [2.75, 3.05) is 11.3 Å². The minimum Gasteiger partial charge on any atom is -0.287 e. The number of alkyl halides is 1. The van der Waals surface area contributed by atoms with Gasteiger partial charge in [0, 0.05) is 0 Å². The Balaban J connectivity index is 3.55. The van der Waals surface area contributed by atoms with Crippen LogP contribution in [0.2, 0.25) is 0 Å². The lowest BCUT2D eigenvalue weighted by Crippen LogP contribution is -2.26. The van der Waals surface area contributed by atoms with E-state index in [2.05, 4.69) is 20.8 Å². The van der Waals surface area contributed by atoms with Gasteiger partial charge in [0.25, 0.3) is 0 Å². The van der Waals surface area contributed by atoms with Crippen LogP contribution >= 0.6 is 15.9 Å². The molecule has 0 saturated heterocycles. The van der Waals surface area contributed by atoms with E-state index in [1.807, 2.05) is 18.7 Å². The fraction of sp³-hybridized carbons (Fsp3) is 1.00. The zero-order valence-electron chi connectivity index (χ0n) is 6.50. The first-order chi connectivity index (χ1) is 4.98. The Bertz CT molecular complexity index is 190. The zero-order chi connectivity index (χ0) is 8.91. The van der Waals surface area contributed by atoms with Crippen molar-refractivity contribution in [2.24, 2.45) is 5.92 Å². The molecule has 11 heavy (non-hydrogen) atoms. The van der Waals surface area contributed by atoms with E-state index in [0.717, 1.165) is 0 Å². The highest BCUT2D eigenvalue weighted by molar-refractivity contribution is 9.10. The molecule has 0 aromatic carbocycles. The first-order valence-corrected chi connectivity index (χ1v) is 5.92. The molecule has 0 fully saturated rings. The van der Waals surface area contributed by atoms with Crippen molar-refractivity contribution in [1.29, 1.82) is 0 Å². The summed E-state index contributed by atoms with van der Waals surface area (Å²) in [6, 6.07) is 0. The average Bonchev–Trinajstić information content (AvgIpc) is 1.87. The van der Waals surface area contributed by atoms with E-state index >= 15 is 0 Å². The summed E-state index contributed by atoms with van der Waals surface area (Å²) in [6.45, 7) is 4.25. The third-order valence-electron chi connectivity index (χ3n) is 0.746. The number of sulfonamides is 1. The molecular weight excluding hydrogens is 234 g/mol. The van der Waals surface area contributed by atoms with Crippen LogP contribution in [0.1, 0.15) is 13.8 Å². The van der Waals surface area contributed by atoms with Crippen molar-refractivity contribution >= 4 is 26.0 Å². The van der Waals surface area contributed by atoms with Crippen LogP contribution in [0.5, 0.6) is 0 Å². The fourth-order valence-corrected chi connectivity index (χ4v) is 0.885. The maximum absolute atomic E-state index is 10.7. The molecule has 0 aliphatic rings. The minimum atomic E-state index is -3.27. The van der Waals surface area contributed by atoms with E-state index < -0.39 is 10.0 Å². The number of halogens is 1. The second kappa shape index (κ2) is 5.08. The molecule has 0 spiro atoms. The number of hydrogen-bond acceptors (Lipinski definition) is 3. The van der Waals surface area contributed by atoms with Crippen LogP contribution in [-0.4, -0.2) is 19.7 Å². The van der Waals surface area contributed by atoms with E-state index in [-0.39, 0.29) is 4.66 Å². The molecule has 0 aromatic heterocycles. The van der Waals surface area contributed by atoms with E-state index in [1.54, 1.807) is 0 Å². The van der Waals surface area contributed by atoms with Crippen molar-refractivity contribution in [2.45, 2.75) is 13.8 Å². The lowest BCUT2D eigenvalue weighted by molar-refractivity contribution is 0.0722. The molecule has 4 nitrogen and oxygen atoms in total. The maximum atomic E-state index is 10.7. The SMILES string of the molecule is CC(C)CONS(=O)(=O)CBr. The van der Waals surface area contributed by atoms with Gasteiger partial charge in [0.05, 0.1) is 6.61 Å². The fourth-order valence-electron chi connectivity index (χ4n) is 0.313. The molecule has 0 unspecified atom stereocenters. The Morgan fingerprint density at radius 2 is 2.09 bits per heavy atom. The molecule has 0 bridgehead atoms. The third kappa shape index (κ3) is 6.74. The topological polar surface area (TPSA) is 55.4 Å². The summed E-state index contributed by atoms with van der Waals surface area (Å²) < 4.78 is 21.3. The van der Waals surface area contributed by atoms with Crippen LogP contribution in [0.4, 0.5) is 0 Å². The predicted octanol–water partition coefficient (Wildman–Crippen LogP) is 0.846. The summed E-state index contributed by atoms with van der Waals surface area (Å²) >= 11 is 2.81. The summed E-state index contributed by atoms with van der Waals surface area (Å²) in [6.07, 6.45) is 0. The standard InChI is InChI=1S/C5H12BrNO3S/c1-5(2)3-10-7-11(8,9)4-6/h5,7H,3-4H2,1-2H3. The first-order valence-electron chi connectivity index (χ1n) is 3.15. The van der Waals surface area contributed by atoms with Crippen molar-refractivity contribution < 1.29 is 13.3 Å². The molecular formula is C5H12BrNO3S. The molecule has 0 aliphatic carbocycles. The number of rotatable bonds is 5. The summed E-state index contributed by atoms with van der Waals surface area (Å²) in [7, 11) is -3.27. The van der Waals surface area contributed by atoms with Crippen molar-refractivity contribution in [3.05, 3.63) is 0 Å². The van der Waals surface area contributed by atoms with Gasteiger partial charge >= 0.3 is 0 Å². The van der Waals surface area contributed by atoms with Crippen molar-refractivity contribution in [3.8, 4) is 0 Å². The summed E-state index contributed by atoms with van der Waals surface area (Å²) in [4.78, 5) is 6.65. The zero-order valence-corrected chi connectivity index (χ0v) is 8.91. The number of hydrogen-bond donors (Lipinski definition) is 1. The highest BCUT2D eigenvalue weighted by Gasteiger charge is 2.06. The van der Waals surface area contributed by atoms with Gasteiger partial charge in [-0.3, -0.25) is 4.84 Å². The van der Waals surface area contributed by atoms with Crippen LogP contribution in [0.3, 0.4) is 0 Å². The quantitative estimate of drug-likeness (QED) is 0.577. The Hall–Kier alpha value is 0.350. The lowest BCUT2D eigenvalue weighted by atomic mass is 10.2. The van der Waals surface area contributed by atoms with E-state index in [9.17, 15) is 8.42 Å². The highest BCUT2D eigenvalue weighted by atomic mass is 79.9. The molecule has 0 aliphatic heterocycles. The van der Waals surface area contributed by atoms with E-state index in [0.29, 0.717) is 12.5 Å². The van der Waals surface area contributed by atoms with Crippen molar-refractivity contribution in [1.82, 2.24) is 4.89 Å². The Morgan fingerprint density at radius 1 is 1.55 bits per heavy atom. The minimum absolute atomic E-state index is 0.141. The van der Waals surface area contributed by atoms with Gasteiger partial charge in [-0.15, -0.1) is 0 Å². The molecule has 0 rings (SSSR count). The second-order valence-electron chi connectivity index (χ2n) is 2.51. The highest BCUT2D eigenvalue weighted by Crippen LogP contribution is 1.94. The Morgan fingerprint density at radius 3 is 2.45 bits per heavy atom. The summed E-state index contributed by atoms with van der Waals surface area (Å²) in [5.41, 5.74) is 0. The van der Waals surface area contributed by atoms with Crippen molar-refractivity contribution in [3.63, 3.8) is 0 Å². The molecule has 0 radical (unpaired) electrons. The molecule has 0 saturated carbocycles. The first kappa shape index (κ1) is 11.4. The van der Waals surface area contributed by atoms with Gasteiger partial charge in [-0.2, -0.15) is 0 Å². The van der Waals surface area contributed by atoms with E-state index in [4.69, 9.17) is 0 Å². The second-order valence-corrected chi connectivity index (χ2v) is 5.50. The third-order valence-corrected chi connectivity index (χ3v) is 3.21. The Labute approximate surface area is 75.4 Å². The Kier molecular flexibility index (Phi) is 5.24. The molecule has 0 atom stereocenters. The van der Waals surface area contributed by atoms with Crippen LogP contribution in [0.15, 0.2) is 0 Å². The van der Waals surface area contributed by atoms with Gasteiger partial charge < -0.3 is 0 Å². The van der Waals surface area contributed by atoms with Gasteiger partial charge in [0.1, 0.15) is 4.66 Å². The smallest absolute Gasteiger partial charge is 0.243 e. The van der Waals surface area contributed by atoms with Gasteiger partial charge in [-0.1, -0.05) is 34.7 Å². The molecule has 6 heteroatoms. The monoisotopic (exact) mass is 245 g/mol. The lowest BCUT2D eigenvalue weighted by Gasteiger charge is -2.06. The molecule has 0 amide bonds. The molecule has 68 valence electrons. The van der Waals surface area contributed by atoms with Crippen LogP contribution in [0.25, 0.3) is 0 Å². The maximum Gasteiger partial charge on any atom is 0.243 e. The van der Waals surface area contributed by atoms with Crippen LogP contribution in [-0.2, 0) is 14.9 Å². The largest absolute Gasteiger partial charge is 0.287 e. The van der Waals surface area contributed by atoms with Gasteiger partial charge in [0.15, 0.2) is 0 Å². The van der Waals surface area contributed by atoms with Gasteiger partial charge in [-0.25, -0.2) is 8.42 Å².